The fraction of sp³-hybridized carbons (Fsp3) is 0.407. The number of benzene rings is 2. The molecule has 5 heteroatoms. The first-order chi connectivity index (χ1) is 15.3. The van der Waals surface area contributed by atoms with Crippen molar-refractivity contribution in [2.75, 3.05) is 19.6 Å². The van der Waals surface area contributed by atoms with Crippen molar-refractivity contribution in [2.45, 2.75) is 46.2 Å². The van der Waals surface area contributed by atoms with Gasteiger partial charge in [-0.2, -0.15) is 0 Å². The summed E-state index contributed by atoms with van der Waals surface area (Å²) >= 11 is 0. The number of hydrogen-bond acceptors (Lipinski definition) is 4. The standard InChI is InChI=1S/C27H33N3O2/c1-27(2,3)14-13-20-17-30(16-15-28-20)18-22-24(26(31)32)21-11-7-8-12-23(21)29-25(22)19-9-5-4-6-10-19/h4-12,20,28H,13-18H2,1-3H3,(H,31,32). The van der Waals surface area contributed by atoms with Crippen LogP contribution in [0.25, 0.3) is 22.2 Å². The summed E-state index contributed by atoms with van der Waals surface area (Å²) in [4.78, 5) is 19.8. The Morgan fingerprint density at radius 2 is 1.84 bits per heavy atom. The molecular formula is C27H33N3O2. The van der Waals surface area contributed by atoms with Gasteiger partial charge in [-0.25, -0.2) is 9.78 Å². The minimum absolute atomic E-state index is 0.309. The van der Waals surface area contributed by atoms with Gasteiger partial charge < -0.3 is 10.4 Å². The molecule has 1 atom stereocenters. The Balaban J connectivity index is 1.72. The second-order valence-electron chi connectivity index (χ2n) is 9.99. The van der Waals surface area contributed by atoms with E-state index in [-0.39, 0.29) is 0 Å². The normalized spacial score (nSPS) is 17.5. The van der Waals surface area contributed by atoms with E-state index in [1.54, 1.807) is 0 Å². The lowest BCUT2D eigenvalue weighted by Crippen LogP contribution is -2.50. The molecule has 0 spiro atoms. The van der Waals surface area contributed by atoms with Crippen molar-refractivity contribution in [3.63, 3.8) is 0 Å². The van der Waals surface area contributed by atoms with Crippen LogP contribution >= 0.6 is 0 Å². The predicted molar refractivity (Wildman–Crippen MR) is 130 cm³/mol. The van der Waals surface area contributed by atoms with E-state index in [1.807, 2.05) is 54.6 Å². The topological polar surface area (TPSA) is 65.5 Å². The van der Waals surface area contributed by atoms with Gasteiger partial charge in [-0.3, -0.25) is 4.90 Å². The quantitative estimate of drug-likeness (QED) is 0.562. The van der Waals surface area contributed by atoms with Crippen molar-refractivity contribution < 1.29 is 9.90 Å². The van der Waals surface area contributed by atoms with Crippen LogP contribution in [0, 0.1) is 5.41 Å². The van der Waals surface area contributed by atoms with Crippen LogP contribution in [0.3, 0.4) is 0 Å². The van der Waals surface area contributed by atoms with Gasteiger partial charge in [-0.05, 0) is 24.3 Å². The van der Waals surface area contributed by atoms with E-state index in [2.05, 4.69) is 31.0 Å². The Morgan fingerprint density at radius 3 is 2.56 bits per heavy atom. The minimum atomic E-state index is -0.893. The Kier molecular flexibility index (Phi) is 6.58. The van der Waals surface area contributed by atoms with Gasteiger partial charge in [0.25, 0.3) is 0 Å². The number of piperazine rings is 1. The highest BCUT2D eigenvalue weighted by Crippen LogP contribution is 2.32. The number of carboxylic acid groups (broad SMARTS) is 1. The Morgan fingerprint density at radius 1 is 1.12 bits per heavy atom. The molecule has 0 amide bonds. The molecule has 1 aliphatic heterocycles. The summed E-state index contributed by atoms with van der Waals surface area (Å²) in [6, 6.07) is 17.9. The first-order valence-electron chi connectivity index (χ1n) is 11.5. The molecule has 168 valence electrons. The van der Waals surface area contributed by atoms with Crippen LogP contribution < -0.4 is 5.32 Å². The molecule has 1 fully saturated rings. The summed E-state index contributed by atoms with van der Waals surface area (Å²) in [5.74, 6) is -0.893. The Bertz CT molecular complexity index is 1090. The van der Waals surface area contributed by atoms with Crippen molar-refractivity contribution in [3.8, 4) is 11.3 Å². The number of aromatic carboxylic acids is 1. The molecule has 0 saturated carbocycles. The van der Waals surface area contributed by atoms with Gasteiger partial charge in [0.15, 0.2) is 0 Å². The third-order valence-corrected chi connectivity index (χ3v) is 6.22. The predicted octanol–water partition coefficient (Wildman–Crippen LogP) is 5.20. The third kappa shape index (κ3) is 5.17. The van der Waals surface area contributed by atoms with Crippen LogP contribution in [0.1, 0.15) is 49.5 Å². The SMILES string of the molecule is CC(C)(C)CCC1CN(Cc2c(-c3ccccc3)nc3ccccc3c2C(=O)O)CCN1. The number of carbonyl (C=O) groups is 1. The number of nitrogens with one attached hydrogen (secondary N) is 1. The van der Waals surface area contributed by atoms with Crippen molar-refractivity contribution in [1.29, 1.82) is 0 Å². The van der Waals surface area contributed by atoms with Crippen LogP contribution in [0.2, 0.25) is 0 Å². The van der Waals surface area contributed by atoms with E-state index in [1.165, 1.54) is 0 Å². The first kappa shape index (κ1) is 22.4. The largest absolute Gasteiger partial charge is 0.478 e. The lowest BCUT2D eigenvalue weighted by Gasteiger charge is -2.35. The number of pyridine rings is 1. The summed E-state index contributed by atoms with van der Waals surface area (Å²) in [7, 11) is 0. The summed E-state index contributed by atoms with van der Waals surface area (Å²) < 4.78 is 0. The summed E-state index contributed by atoms with van der Waals surface area (Å²) in [5, 5.41) is 14.6. The van der Waals surface area contributed by atoms with Gasteiger partial charge in [-0.1, -0.05) is 69.3 Å². The molecule has 1 unspecified atom stereocenters. The molecule has 2 heterocycles. The van der Waals surface area contributed by atoms with Crippen LogP contribution in [0.4, 0.5) is 0 Å². The molecule has 1 saturated heterocycles. The van der Waals surface area contributed by atoms with Gasteiger partial charge in [0.05, 0.1) is 16.8 Å². The van der Waals surface area contributed by atoms with Crippen LogP contribution in [0.15, 0.2) is 54.6 Å². The van der Waals surface area contributed by atoms with E-state index < -0.39 is 5.97 Å². The highest BCUT2D eigenvalue weighted by Gasteiger charge is 2.26. The highest BCUT2D eigenvalue weighted by atomic mass is 16.4. The average Bonchev–Trinajstić information content (AvgIpc) is 2.77. The van der Waals surface area contributed by atoms with Crippen molar-refractivity contribution >= 4 is 16.9 Å². The summed E-state index contributed by atoms with van der Waals surface area (Å²) in [6.07, 6.45) is 2.28. The van der Waals surface area contributed by atoms with Crippen molar-refractivity contribution in [2.24, 2.45) is 5.41 Å². The van der Waals surface area contributed by atoms with Gasteiger partial charge in [0.1, 0.15) is 0 Å². The summed E-state index contributed by atoms with van der Waals surface area (Å²) in [6.45, 7) is 10.1. The van der Waals surface area contributed by atoms with Gasteiger partial charge in [-0.15, -0.1) is 0 Å². The maximum absolute atomic E-state index is 12.5. The monoisotopic (exact) mass is 431 g/mol. The number of fused-ring (bicyclic) bond motifs is 1. The average molecular weight is 432 g/mol. The van der Waals surface area contributed by atoms with Crippen molar-refractivity contribution in [3.05, 3.63) is 65.7 Å². The van der Waals surface area contributed by atoms with E-state index in [9.17, 15) is 9.90 Å². The number of para-hydroxylation sites is 1. The van der Waals surface area contributed by atoms with E-state index in [0.717, 1.165) is 54.8 Å². The zero-order valence-corrected chi connectivity index (χ0v) is 19.3. The molecule has 3 aromatic rings. The van der Waals surface area contributed by atoms with E-state index in [0.29, 0.717) is 29.0 Å². The molecule has 4 rings (SSSR count). The molecule has 1 aromatic heterocycles. The van der Waals surface area contributed by atoms with E-state index >= 15 is 0 Å². The molecule has 2 aromatic carbocycles. The second kappa shape index (κ2) is 9.39. The first-order valence-corrected chi connectivity index (χ1v) is 11.5. The highest BCUT2D eigenvalue weighted by molar-refractivity contribution is 6.05. The molecule has 2 N–H and O–H groups in total. The fourth-order valence-electron chi connectivity index (χ4n) is 4.55. The third-order valence-electron chi connectivity index (χ3n) is 6.22. The fourth-order valence-corrected chi connectivity index (χ4v) is 4.55. The zero-order chi connectivity index (χ0) is 22.7. The van der Waals surface area contributed by atoms with Crippen LogP contribution in [-0.4, -0.2) is 46.6 Å². The van der Waals surface area contributed by atoms with Crippen LogP contribution in [-0.2, 0) is 6.54 Å². The van der Waals surface area contributed by atoms with Crippen LogP contribution in [0.5, 0.6) is 0 Å². The second-order valence-corrected chi connectivity index (χ2v) is 9.99. The van der Waals surface area contributed by atoms with Gasteiger partial charge >= 0.3 is 5.97 Å². The molecule has 0 bridgehead atoms. The smallest absolute Gasteiger partial charge is 0.336 e. The zero-order valence-electron chi connectivity index (χ0n) is 19.3. The minimum Gasteiger partial charge on any atom is -0.478 e. The molecule has 32 heavy (non-hydrogen) atoms. The summed E-state index contributed by atoms with van der Waals surface area (Å²) in [5.41, 5.74) is 3.93. The van der Waals surface area contributed by atoms with Gasteiger partial charge in [0, 0.05) is 48.7 Å². The Hall–Kier alpha value is -2.76. The number of hydrogen-bond donors (Lipinski definition) is 2. The maximum atomic E-state index is 12.5. The van der Waals surface area contributed by atoms with Crippen molar-refractivity contribution in [1.82, 2.24) is 15.2 Å². The molecule has 1 aliphatic rings. The number of nitrogens with zero attached hydrogens (tertiary/aromatic N) is 2. The number of aromatic nitrogens is 1. The maximum Gasteiger partial charge on any atom is 0.336 e. The van der Waals surface area contributed by atoms with E-state index in [4.69, 9.17) is 4.98 Å². The Labute approximate surface area is 190 Å². The molecule has 0 aliphatic carbocycles. The molecule has 0 radical (unpaired) electrons. The number of carboxylic acids is 1. The number of rotatable bonds is 6. The lowest BCUT2D eigenvalue weighted by atomic mass is 9.88. The molecular weight excluding hydrogens is 398 g/mol. The van der Waals surface area contributed by atoms with Gasteiger partial charge in [0.2, 0.25) is 0 Å². The lowest BCUT2D eigenvalue weighted by molar-refractivity contribution is 0.0696. The molecule has 5 nitrogen and oxygen atoms in total.